The van der Waals surface area contributed by atoms with Crippen molar-refractivity contribution in [3.8, 4) is 0 Å². The number of para-hydroxylation sites is 1. The molecule has 0 saturated carbocycles. The minimum Gasteiger partial charge on any atom is -0.463 e. The molecule has 3 aromatic rings. The molecule has 0 unspecified atom stereocenters. The van der Waals surface area contributed by atoms with Crippen LogP contribution in [-0.4, -0.2) is 23.2 Å². The van der Waals surface area contributed by atoms with Crippen molar-refractivity contribution in [2.24, 2.45) is 0 Å². The van der Waals surface area contributed by atoms with Crippen molar-refractivity contribution >= 4 is 39.4 Å². The van der Waals surface area contributed by atoms with E-state index < -0.39 is 5.91 Å². The van der Waals surface area contributed by atoms with Gasteiger partial charge >= 0.3 is 0 Å². The maximum atomic E-state index is 12.3. The number of amides is 1. The number of methoxy groups -OCH3 is 1. The number of ether oxygens (including phenoxy) is 1. The summed E-state index contributed by atoms with van der Waals surface area (Å²) in [6, 6.07) is 6.93. The second-order valence-corrected chi connectivity index (χ2v) is 5.83. The Kier molecular flexibility index (Phi) is 4.78. The average Bonchev–Trinajstić information content (AvgIpc) is 3.02. The Morgan fingerprint density at radius 2 is 2.21 bits per heavy atom. The molecule has 0 bridgehead atoms. The highest BCUT2D eigenvalue weighted by atomic mass is 32.1. The molecule has 0 fully saturated rings. The Morgan fingerprint density at radius 1 is 1.38 bits per heavy atom. The smallest absolute Gasteiger partial charge is 0.250 e. The molecule has 0 radical (unpaired) electrons. The van der Waals surface area contributed by atoms with E-state index in [4.69, 9.17) is 9.15 Å². The van der Waals surface area contributed by atoms with Crippen LogP contribution in [-0.2, 0) is 16.1 Å². The number of rotatable bonds is 5. The summed E-state index contributed by atoms with van der Waals surface area (Å²) in [5.74, 6) is -0.414. The van der Waals surface area contributed by atoms with E-state index in [0.717, 1.165) is 0 Å². The predicted molar refractivity (Wildman–Crippen MR) is 90.8 cm³/mol. The van der Waals surface area contributed by atoms with E-state index in [9.17, 15) is 9.59 Å². The van der Waals surface area contributed by atoms with Gasteiger partial charge in [-0.25, -0.2) is 0 Å². The minimum absolute atomic E-state index is 0.195. The molecule has 0 aliphatic heterocycles. The normalized spacial score (nSPS) is 11.2. The molecule has 1 aromatic carbocycles. The monoisotopic (exact) mass is 343 g/mol. The molecule has 1 N–H and O–H groups in total. The lowest BCUT2D eigenvalue weighted by Gasteiger charge is -1.98. The molecular formula is C16H13N3O4S. The Labute approximate surface area is 140 Å². The Balaban J connectivity index is 1.74. The number of carbonyl (C=O) groups excluding carboxylic acids is 1. The summed E-state index contributed by atoms with van der Waals surface area (Å²) in [5.41, 5.74) is 0.601. The second-order valence-electron chi connectivity index (χ2n) is 4.77. The molecule has 0 aliphatic rings. The van der Waals surface area contributed by atoms with Gasteiger partial charge in [-0.3, -0.25) is 14.9 Å². The lowest BCUT2D eigenvalue weighted by Crippen LogP contribution is -2.09. The Bertz CT molecular complexity index is 961. The maximum absolute atomic E-state index is 12.3. The van der Waals surface area contributed by atoms with Crippen molar-refractivity contribution < 1.29 is 13.9 Å². The van der Waals surface area contributed by atoms with Crippen molar-refractivity contribution in [3.63, 3.8) is 0 Å². The molecule has 3 rings (SSSR count). The molecule has 0 spiro atoms. The van der Waals surface area contributed by atoms with Crippen LogP contribution in [0.4, 0.5) is 5.13 Å². The van der Waals surface area contributed by atoms with Gasteiger partial charge in [0.05, 0.1) is 10.9 Å². The van der Waals surface area contributed by atoms with Gasteiger partial charge in [0, 0.05) is 13.2 Å². The number of nitrogens with one attached hydrogen (secondary N) is 1. The van der Waals surface area contributed by atoms with Crippen molar-refractivity contribution in [2.45, 2.75) is 6.61 Å². The van der Waals surface area contributed by atoms with Gasteiger partial charge < -0.3 is 9.15 Å². The lowest BCUT2D eigenvalue weighted by molar-refractivity contribution is -0.111. The van der Waals surface area contributed by atoms with Crippen molar-refractivity contribution in [1.82, 2.24) is 10.2 Å². The van der Waals surface area contributed by atoms with Gasteiger partial charge in [0.25, 0.3) is 0 Å². The van der Waals surface area contributed by atoms with Gasteiger partial charge in [0.2, 0.25) is 11.0 Å². The number of benzene rings is 1. The summed E-state index contributed by atoms with van der Waals surface area (Å²) < 4.78 is 10.3. The van der Waals surface area contributed by atoms with Gasteiger partial charge in [-0.15, -0.1) is 10.2 Å². The second kappa shape index (κ2) is 7.16. The molecule has 1 amide bonds. The highest BCUT2D eigenvalue weighted by Gasteiger charge is 2.07. The Morgan fingerprint density at radius 3 is 3.04 bits per heavy atom. The van der Waals surface area contributed by atoms with E-state index in [1.165, 1.54) is 29.8 Å². The molecule has 24 heavy (non-hydrogen) atoms. The van der Waals surface area contributed by atoms with Crippen LogP contribution < -0.4 is 10.7 Å². The van der Waals surface area contributed by atoms with E-state index >= 15 is 0 Å². The molecule has 0 saturated heterocycles. The van der Waals surface area contributed by atoms with E-state index in [-0.39, 0.29) is 5.43 Å². The van der Waals surface area contributed by atoms with Crippen LogP contribution in [0.2, 0.25) is 0 Å². The minimum atomic E-state index is -0.414. The van der Waals surface area contributed by atoms with Crippen LogP contribution in [0.15, 0.2) is 45.8 Å². The fraction of sp³-hybridized carbons (Fsp3) is 0.125. The number of fused-ring (bicyclic) bond motifs is 1. The topological polar surface area (TPSA) is 94.3 Å². The van der Waals surface area contributed by atoms with E-state index in [0.29, 0.717) is 33.3 Å². The highest BCUT2D eigenvalue weighted by molar-refractivity contribution is 7.15. The zero-order valence-electron chi connectivity index (χ0n) is 12.7. The molecule has 7 nitrogen and oxygen atoms in total. The third-order valence-corrected chi connectivity index (χ3v) is 3.90. The molecular weight excluding hydrogens is 330 g/mol. The average molecular weight is 343 g/mol. The quantitative estimate of drug-likeness (QED) is 0.715. The molecule has 122 valence electrons. The van der Waals surface area contributed by atoms with Crippen molar-refractivity contribution in [2.75, 3.05) is 12.4 Å². The first-order chi connectivity index (χ1) is 11.7. The third kappa shape index (κ3) is 3.55. The van der Waals surface area contributed by atoms with Crippen LogP contribution in [0.3, 0.4) is 0 Å². The number of carbonyl (C=O) groups is 1. The first kappa shape index (κ1) is 16.0. The predicted octanol–water partition coefficient (Wildman–Crippen LogP) is 2.44. The maximum Gasteiger partial charge on any atom is 0.250 e. The van der Waals surface area contributed by atoms with Gasteiger partial charge in [-0.05, 0) is 18.2 Å². The summed E-state index contributed by atoms with van der Waals surface area (Å²) in [6.07, 6.45) is 3.99. The Hall–Kier alpha value is -2.84. The van der Waals surface area contributed by atoms with E-state index in [2.05, 4.69) is 15.5 Å². The lowest BCUT2D eigenvalue weighted by atomic mass is 10.1. The van der Waals surface area contributed by atoms with Gasteiger partial charge in [-0.1, -0.05) is 23.5 Å². The van der Waals surface area contributed by atoms with Crippen LogP contribution in [0.25, 0.3) is 17.0 Å². The van der Waals surface area contributed by atoms with Gasteiger partial charge in [0.15, 0.2) is 5.43 Å². The summed E-state index contributed by atoms with van der Waals surface area (Å²) in [5, 5.41) is 11.8. The summed E-state index contributed by atoms with van der Waals surface area (Å²) in [6.45, 7) is 0.335. The highest BCUT2D eigenvalue weighted by Crippen LogP contribution is 2.16. The number of nitrogens with zero attached hydrogens (tertiary/aromatic N) is 2. The molecule has 0 aliphatic carbocycles. The molecule has 0 atom stereocenters. The molecule has 2 heterocycles. The van der Waals surface area contributed by atoms with Crippen molar-refractivity contribution in [1.29, 1.82) is 0 Å². The standard InChI is InChI=1S/C16H13N3O4S/c1-22-9-14-18-19-16(24-14)17-13(20)7-6-10-8-23-12-5-3-2-4-11(12)15(10)21/h2-8H,9H2,1H3,(H,17,19,20)/b7-6+. The van der Waals surface area contributed by atoms with Gasteiger partial charge in [0.1, 0.15) is 23.5 Å². The zero-order valence-corrected chi connectivity index (χ0v) is 13.5. The van der Waals surface area contributed by atoms with Crippen molar-refractivity contribution in [3.05, 3.63) is 57.4 Å². The number of aromatic nitrogens is 2. The van der Waals surface area contributed by atoms with Gasteiger partial charge in [-0.2, -0.15) is 0 Å². The van der Waals surface area contributed by atoms with Crippen LogP contribution in [0, 0.1) is 0 Å². The number of hydrogen-bond acceptors (Lipinski definition) is 7. The van der Waals surface area contributed by atoms with E-state index in [1.54, 1.807) is 31.4 Å². The number of anilines is 1. The largest absolute Gasteiger partial charge is 0.463 e. The summed E-state index contributed by atoms with van der Waals surface area (Å²) in [7, 11) is 1.55. The summed E-state index contributed by atoms with van der Waals surface area (Å²) >= 11 is 1.22. The molecule has 2 aromatic heterocycles. The van der Waals surface area contributed by atoms with Crippen LogP contribution >= 0.6 is 11.3 Å². The third-order valence-electron chi connectivity index (χ3n) is 3.09. The first-order valence-electron chi connectivity index (χ1n) is 6.98. The summed E-state index contributed by atoms with van der Waals surface area (Å²) in [4.78, 5) is 24.2. The van der Waals surface area contributed by atoms with Crippen LogP contribution in [0.5, 0.6) is 0 Å². The fourth-order valence-corrected chi connectivity index (χ4v) is 2.72. The van der Waals surface area contributed by atoms with Crippen LogP contribution in [0.1, 0.15) is 10.6 Å². The van der Waals surface area contributed by atoms with E-state index in [1.807, 2.05) is 0 Å². The molecule has 8 heteroatoms. The first-order valence-corrected chi connectivity index (χ1v) is 7.80. The fourth-order valence-electron chi connectivity index (χ4n) is 2.01. The SMILES string of the molecule is COCc1nnc(NC(=O)/C=C/c2coc3ccccc3c2=O)s1. The zero-order chi connectivity index (χ0) is 16.9. The number of hydrogen-bond donors (Lipinski definition) is 1.